The Kier molecular flexibility index (Phi) is 5.51. The summed E-state index contributed by atoms with van der Waals surface area (Å²) in [6, 6.07) is 3.43. The molecular weight excluding hydrogens is 296 g/mol. The number of hydrogen-bond acceptors (Lipinski definition) is 5. The number of nitrogens with zero attached hydrogens (tertiary/aromatic N) is 1. The number of anilines is 1. The number of aromatic nitrogens is 1. The molecule has 1 saturated carbocycles. The van der Waals surface area contributed by atoms with Crippen molar-refractivity contribution < 1.29 is 4.79 Å². The molecule has 2 unspecified atom stereocenters. The number of hydrazine groups is 1. The Morgan fingerprint density at radius 3 is 2.90 bits per heavy atom. The molecular formula is C13H19ClN4OS. The molecule has 5 nitrogen and oxygen atoms in total. The van der Waals surface area contributed by atoms with Gasteiger partial charge in [-0.1, -0.05) is 24.4 Å². The summed E-state index contributed by atoms with van der Waals surface area (Å²) in [5, 5.41) is 3.84. The molecule has 1 heterocycles. The van der Waals surface area contributed by atoms with Gasteiger partial charge >= 0.3 is 0 Å². The van der Waals surface area contributed by atoms with E-state index in [1.54, 1.807) is 23.9 Å². The molecule has 0 spiro atoms. The van der Waals surface area contributed by atoms with Crippen LogP contribution in [0.25, 0.3) is 0 Å². The van der Waals surface area contributed by atoms with Gasteiger partial charge in [0.25, 0.3) is 5.91 Å². The van der Waals surface area contributed by atoms with Crippen molar-refractivity contribution in [3.8, 4) is 0 Å². The van der Waals surface area contributed by atoms with Crippen molar-refractivity contribution in [3.63, 3.8) is 0 Å². The summed E-state index contributed by atoms with van der Waals surface area (Å²) >= 11 is 7.84. The van der Waals surface area contributed by atoms with Gasteiger partial charge < -0.3 is 10.7 Å². The van der Waals surface area contributed by atoms with E-state index < -0.39 is 0 Å². The minimum atomic E-state index is -0.238. The van der Waals surface area contributed by atoms with E-state index in [0.717, 1.165) is 19.3 Å². The number of nitrogens with two attached hydrogens (primary N) is 1. The second-order valence-corrected chi connectivity index (χ2v) is 6.29. The van der Waals surface area contributed by atoms with Gasteiger partial charge in [0.05, 0.1) is 5.02 Å². The number of rotatable bonds is 4. The number of nitrogens with one attached hydrogen (secondary N) is 2. The maximum Gasteiger partial charge on any atom is 0.271 e. The average Bonchev–Trinajstić information content (AvgIpc) is 2.48. The fraction of sp³-hybridized carbons (Fsp3) is 0.538. The van der Waals surface area contributed by atoms with Crippen LogP contribution in [0.15, 0.2) is 12.1 Å². The number of pyridine rings is 1. The molecule has 1 aliphatic carbocycles. The molecule has 1 aromatic rings. The van der Waals surface area contributed by atoms with Crippen LogP contribution >= 0.6 is 23.4 Å². The zero-order valence-electron chi connectivity index (χ0n) is 11.4. The molecule has 4 N–H and O–H groups in total. The van der Waals surface area contributed by atoms with Gasteiger partial charge in [-0.05, 0) is 31.2 Å². The Morgan fingerprint density at radius 1 is 1.45 bits per heavy atom. The van der Waals surface area contributed by atoms with E-state index in [-0.39, 0.29) is 17.6 Å². The Hall–Kier alpha value is -0.980. The Bertz CT molecular complexity index is 485. The van der Waals surface area contributed by atoms with Crippen LogP contribution in [0, 0.1) is 0 Å². The largest absolute Gasteiger partial charge is 0.347 e. The fourth-order valence-electron chi connectivity index (χ4n) is 2.46. The van der Waals surface area contributed by atoms with E-state index >= 15 is 0 Å². The minimum Gasteiger partial charge on any atom is -0.347 e. The molecule has 1 aromatic heterocycles. The first-order valence-corrected chi connectivity index (χ1v) is 8.29. The van der Waals surface area contributed by atoms with Crippen molar-refractivity contribution in [1.82, 2.24) is 10.3 Å². The average molecular weight is 315 g/mol. The van der Waals surface area contributed by atoms with Gasteiger partial charge in [0.2, 0.25) is 0 Å². The minimum absolute atomic E-state index is 0.179. The van der Waals surface area contributed by atoms with Crippen molar-refractivity contribution in [2.45, 2.75) is 37.0 Å². The zero-order chi connectivity index (χ0) is 14.5. The molecule has 1 aliphatic rings. The quantitative estimate of drug-likeness (QED) is 0.587. The third-order valence-corrected chi connectivity index (χ3v) is 5.01. The van der Waals surface area contributed by atoms with Gasteiger partial charge in [-0.15, -0.1) is 0 Å². The van der Waals surface area contributed by atoms with E-state index in [1.807, 2.05) is 0 Å². The Labute approximate surface area is 128 Å². The third-order valence-electron chi connectivity index (χ3n) is 3.53. The Balaban J connectivity index is 2.11. The van der Waals surface area contributed by atoms with Gasteiger partial charge in [-0.25, -0.2) is 10.8 Å². The van der Waals surface area contributed by atoms with Crippen molar-refractivity contribution >= 4 is 35.1 Å². The molecule has 20 heavy (non-hydrogen) atoms. The highest BCUT2D eigenvalue weighted by Crippen LogP contribution is 2.27. The molecule has 0 aromatic carbocycles. The number of nitrogen functional groups attached to an aromatic ring is 1. The first-order valence-electron chi connectivity index (χ1n) is 6.62. The summed E-state index contributed by atoms with van der Waals surface area (Å²) < 4.78 is 0. The van der Waals surface area contributed by atoms with Crippen molar-refractivity contribution in [3.05, 3.63) is 22.8 Å². The molecule has 1 amide bonds. The summed E-state index contributed by atoms with van der Waals surface area (Å²) in [5.41, 5.74) is 2.63. The second-order valence-electron chi connectivity index (χ2n) is 4.81. The summed E-state index contributed by atoms with van der Waals surface area (Å²) in [6.07, 6.45) is 6.59. The molecule has 2 atom stereocenters. The van der Waals surface area contributed by atoms with Crippen LogP contribution < -0.4 is 16.6 Å². The van der Waals surface area contributed by atoms with Crippen LogP contribution in [0.3, 0.4) is 0 Å². The number of halogens is 1. The summed E-state index contributed by atoms with van der Waals surface area (Å²) in [4.78, 5) is 16.4. The van der Waals surface area contributed by atoms with Gasteiger partial charge in [0.15, 0.2) is 0 Å². The maximum absolute atomic E-state index is 12.3. The fourth-order valence-corrected chi connectivity index (χ4v) is 3.59. The van der Waals surface area contributed by atoms with E-state index in [1.165, 1.54) is 6.42 Å². The lowest BCUT2D eigenvalue weighted by atomic mass is 9.95. The molecule has 0 radical (unpaired) electrons. The van der Waals surface area contributed by atoms with Crippen molar-refractivity contribution in [1.29, 1.82) is 0 Å². The first-order chi connectivity index (χ1) is 9.65. The molecule has 7 heteroatoms. The van der Waals surface area contributed by atoms with Crippen LogP contribution in [0.2, 0.25) is 5.02 Å². The number of thioether (sulfide) groups is 1. The van der Waals surface area contributed by atoms with E-state index in [0.29, 0.717) is 16.1 Å². The van der Waals surface area contributed by atoms with Crippen molar-refractivity contribution in [2.24, 2.45) is 5.84 Å². The Morgan fingerprint density at radius 2 is 2.20 bits per heavy atom. The summed E-state index contributed by atoms with van der Waals surface area (Å²) in [5.74, 6) is 5.49. The van der Waals surface area contributed by atoms with E-state index in [4.69, 9.17) is 17.4 Å². The number of carbonyl (C=O) groups is 1. The monoisotopic (exact) mass is 314 g/mol. The molecule has 2 rings (SSSR count). The number of hydrogen-bond donors (Lipinski definition) is 3. The molecule has 0 saturated heterocycles. The lowest BCUT2D eigenvalue weighted by molar-refractivity contribution is 0.0924. The van der Waals surface area contributed by atoms with Crippen LogP contribution in [0.1, 0.15) is 36.2 Å². The van der Waals surface area contributed by atoms with Gasteiger partial charge in [0.1, 0.15) is 11.5 Å². The highest BCUT2D eigenvalue weighted by atomic mass is 35.5. The third kappa shape index (κ3) is 3.56. The van der Waals surface area contributed by atoms with Crippen LogP contribution in [0.4, 0.5) is 5.82 Å². The van der Waals surface area contributed by atoms with Crippen LogP contribution in [-0.4, -0.2) is 28.4 Å². The first kappa shape index (κ1) is 15.4. The predicted molar refractivity (Wildman–Crippen MR) is 84.1 cm³/mol. The number of amides is 1. The summed E-state index contributed by atoms with van der Waals surface area (Å²) in [6.45, 7) is 0. The predicted octanol–water partition coefficient (Wildman–Crippen LogP) is 2.42. The molecule has 1 fully saturated rings. The maximum atomic E-state index is 12.3. The van der Waals surface area contributed by atoms with Gasteiger partial charge in [-0.3, -0.25) is 4.79 Å². The van der Waals surface area contributed by atoms with Crippen LogP contribution in [-0.2, 0) is 0 Å². The highest BCUT2D eigenvalue weighted by molar-refractivity contribution is 7.99. The molecule has 0 aliphatic heterocycles. The van der Waals surface area contributed by atoms with Crippen LogP contribution in [0.5, 0.6) is 0 Å². The standard InChI is InChI=1S/C13H19ClN4OS/c1-20-10-5-3-2-4-9(10)16-13(19)12-8(14)6-7-11(17-12)18-15/h6-7,9-10H,2-5,15H2,1H3,(H,16,19)(H,17,18). The SMILES string of the molecule is CSC1CCCCC1NC(=O)c1nc(NN)ccc1Cl. The van der Waals surface area contributed by atoms with E-state index in [2.05, 4.69) is 22.0 Å². The normalized spacial score (nSPS) is 22.4. The van der Waals surface area contributed by atoms with Crippen molar-refractivity contribution in [2.75, 3.05) is 11.7 Å². The van der Waals surface area contributed by atoms with Gasteiger partial charge in [0, 0.05) is 11.3 Å². The highest BCUT2D eigenvalue weighted by Gasteiger charge is 2.27. The topological polar surface area (TPSA) is 80.0 Å². The lowest BCUT2D eigenvalue weighted by Crippen LogP contribution is -2.44. The molecule has 110 valence electrons. The second kappa shape index (κ2) is 7.15. The lowest BCUT2D eigenvalue weighted by Gasteiger charge is -2.30. The zero-order valence-corrected chi connectivity index (χ0v) is 12.9. The smallest absolute Gasteiger partial charge is 0.271 e. The van der Waals surface area contributed by atoms with Gasteiger partial charge in [-0.2, -0.15) is 11.8 Å². The van der Waals surface area contributed by atoms with E-state index in [9.17, 15) is 4.79 Å². The summed E-state index contributed by atoms with van der Waals surface area (Å²) in [7, 11) is 0. The number of carbonyl (C=O) groups excluding carboxylic acids is 1. The molecule has 0 bridgehead atoms.